The highest BCUT2D eigenvalue weighted by molar-refractivity contribution is 5.69. The zero-order chi connectivity index (χ0) is 14.2. The van der Waals surface area contributed by atoms with Crippen molar-refractivity contribution in [3.05, 3.63) is 58.9 Å². The van der Waals surface area contributed by atoms with E-state index in [1.54, 1.807) is 6.92 Å². The molecule has 0 bridgehead atoms. The highest BCUT2D eigenvalue weighted by atomic mass is 19.1. The Kier molecular flexibility index (Phi) is 3.62. The summed E-state index contributed by atoms with van der Waals surface area (Å²) < 4.78 is 40.5. The molecule has 0 saturated heterocycles. The molecule has 2 aromatic carbocycles. The molecule has 2 rings (SSSR count). The largest absolute Gasteiger partial charge is 0.324 e. The fourth-order valence-electron chi connectivity index (χ4n) is 2.02. The fraction of sp³-hybridized carbons (Fsp3) is 0.200. The van der Waals surface area contributed by atoms with Crippen molar-refractivity contribution in [3.63, 3.8) is 0 Å². The third-order valence-electron chi connectivity index (χ3n) is 3.04. The highest BCUT2D eigenvalue weighted by Gasteiger charge is 2.15. The molecule has 0 fully saturated rings. The Hall–Kier alpha value is -1.81. The van der Waals surface area contributed by atoms with E-state index in [-0.39, 0.29) is 11.6 Å². The molecule has 1 unspecified atom stereocenters. The van der Waals surface area contributed by atoms with Crippen molar-refractivity contribution in [2.75, 3.05) is 0 Å². The van der Waals surface area contributed by atoms with Crippen LogP contribution in [0, 0.1) is 24.4 Å². The molecule has 0 amide bonds. The van der Waals surface area contributed by atoms with Gasteiger partial charge in [-0.1, -0.05) is 6.07 Å². The molecule has 19 heavy (non-hydrogen) atoms. The summed E-state index contributed by atoms with van der Waals surface area (Å²) in [5.74, 6) is -1.84. The summed E-state index contributed by atoms with van der Waals surface area (Å²) in [7, 11) is 0. The molecular formula is C15H14F3N. The maximum atomic E-state index is 13.9. The van der Waals surface area contributed by atoms with Gasteiger partial charge in [-0.25, -0.2) is 13.2 Å². The van der Waals surface area contributed by atoms with Gasteiger partial charge in [-0.2, -0.15) is 0 Å². The van der Waals surface area contributed by atoms with Crippen LogP contribution in [-0.4, -0.2) is 0 Å². The van der Waals surface area contributed by atoms with Gasteiger partial charge in [0, 0.05) is 17.7 Å². The van der Waals surface area contributed by atoms with Gasteiger partial charge in [-0.3, -0.25) is 0 Å². The van der Waals surface area contributed by atoms with E-state index < -0.39 is 17.5 Å². The van der Waals surface area contributed by atoms with Gasteiger partial charge < -0.3 is 5.73 Å². The van der Waals surface area contributed by atoms with Gasteiger partial charge in [0.25, 0.3) is 0 Å². The van der Waals surface area contributed by atoms with E-state index >= 15 is 0 Å². The zero-order valence-electron chi connectivity index (χ0n) is 10.7. The summed E-state index contributed by atoms with van der Waals surface area (Å²) >= 11 is 0. The summed E-state index contributed by atoms with van der Waals surface area (Å²) in [6.45, 7) is 3.26. The molecule has 100 valence electrons. The number of halogens is 3. The fourth-order valence-corrected chi connectivity index (χ4v) is 2.02. The van der Waals surface area contributed by atoms with Crippen molar-refractivity contribution < 1.29 is 13.2 Å². The summed E-state index contributed by atoms with van der Waals surface area (Å²) in [5, 5.41) is 0. The lowest BCUT2D eigenvalue weighted by molar-refractivity contribution is 0.579. The van der Waals surface area contributed by atoms with Gasteiger partial charge in [0.15, 0.2) is 0 Å². The number of hydrogen-bond donors (Lipinski definition) is 1. The molecule has 2 aromatic rings. The lowest BCUT2D eigenvalue weighted by Gasteiger charge is -2.14. The Labute approximate surface area is 109 Å². The average molecular weight is 265 g/mol. The minimum Gasteiger partial charge on any atom is -0.324 e. The molecule has 1 nitrogen and oxygen atoms in total. The van der Waals surface area contributed by atoms with Crippen LogP contribution in [0.2, 0.25) is 0 Å². The number of rotatable bonds is 2. The molecule has 0 aliphatic heterocycles. The second-order valence-corrected chi connectivity index (χ2v) is 4.60. The normalized spacial score (nSPS) is 12.5. The molecule has 0 aromatic heterocycles. The van der Waals surface area contributed by atoms with Crippen molar-refractivity contribution >= 4 is 0 Å². The van der Waals surface area contributed by atoms with Crippen molar-refractivity contribution in [2.24, 2.45) is 5.73 Å². The second-order valence-electron chi connectivity index (χ2n) is 4.60. The first-order valence-electron chi connectivity index (χ1n) is 5.91. The molecule has 0 heterocycles. The van der Waals surface area contributed by atoms with Crippen LogP contribution in [0.15, 0.2) is 30.3 Å². The minimum absolute atomic E-state index is 0.158. The van der Waals surface area contributed by atoms with E-state index in [1.165, 1.54) is 31.2 Å². The van der Waals surface area contributed by atoms with Crippen LogP contribution in [-0.2, 0) is 0 Å². The molecule has 2 N–H and O–H groups in total. The molecule has 0 radical (unpaired) electrons. The molecule has 0 saturated carbocycles. The van der Waals surface area contributed by atoms with Crippen LogP contribution >= 0.6 is 0 Å². The van der Waals surface area contributed by atoms with E-state index in [2.05, 4.69) is 0 Å². The minimum atomic E-state index is -0.726. The summed E-state index contributed by atoms with van der Waals surface area (Å²) in [4.78, 5) is 0. The zero-order valence-corrected chi connectivity index (χ0v) is 10.7. The Bertz CT molecular complexity index is 621. The maximum absolute atomic E-state index is 13.9. The molecule has 0 aliphatic carbocycles. The van der Waals surface area contributed by atoms with Crippen LogP contribution in [0.5, 0.6) is 0 Å². The summed E-state index contributed by atoms with van der Waals surface area (Å²) in [6.07, 6.45) is 0. The quantitative estimate of drug-likeness (QED) is 0.869. The van der Waals surface area contributed by atoms with Gasteiger partial charge in [-0.15, -0.1) is 0 Å². The monoisotopic (exact) mass is 265 g/mol. The van der Waals surface area contributed by atoms with Gasteiger partial charge in [0.2, 0.25) is 0 Å². The van der Waals surface area contributed by atoms with Crippen LogP contribution in [0.1, 0.15) is 24.1 Å². The van der Waals surface area contributed by atoms with Crippen LogP contribution in [0.25, 0.3) is 11.1 Å². The van der Waals surface area contributed by atoms with E-state index in [4.69, 9.17) is 5.73 Å². The Morgan fingerprint density at radius 1 is 0.947 bits per heavy atom. The van der Waals surface area contributed by atoms with Crippen LogP contribution in [0.4, 0.5) is 13.2 Å². The molecular weight excluding hydrogens is 251 g/mol. The van der Waals surface area contributed by atoms with Gasteiger partial charge in [0.1, 0.15) is 17.5 Å². The SMILES string of the molecule is Cc1cc(-c2cc(F)ccc2C(C)N)c(F)cc1F. The standard InChI is InChI=1S/C15H14F3N/c1-8-5-13(15(18)7-14(8)17)12-6-10(16)3-4-11(12)9(2)19/h3-7,9H,19H2,1-2H3. The van der Waals surface area contributed by atoms with E-state index in [0.29, 0.717) is 16.7 Å². The number of hydrogen-bond acceptors (Lipinski definition) is 1. The highest BCUT2D eigenvalue weighted by Crippen LogP contribution is 2.31. The predicted molar refractivity (Wildman–Crippen MR) is 69.1 cm³/mol. The lowest BCUT2D eigenvalue weighted by atomic mass is 9.94. The lowest BCUT2D eigenvalue weighted by Crippen LogP contribution is -2.07. The first kappa shape index (κ1) is 13.6. The molecule has 0 spiro atoms. The first-order valence-corrected chi connectivity index (χ1v) is 5.91. The van der Waals surface area contributed by atoms with Crippen LogP contribution < -0.4 is 5.73 Å². The number of benzene rings is 2. The maximum Gasteiger partial charge on any atom is 0.133 e. The van der Waals surface area contributed by atoms with E-state index in [1.807, 2.05) is 0 Å². The van der Waals surface area contributed by atoms with Crippen molar-refractivity contribution in [3.8, 4) is 11.1 Å². The third kappa shape index (κ3) is 2.63. The first-order chi connectivity index (χ1) is 8.90. The number of nitrogens with two attached hydrogens (primary N) is 1. The van der Waals surface area contributed by atoms with E-state index in [0.717, 1.165) is 6.07 Å². The molecule has 4 heteroatoms. The second kappa shape index (κ2) is 5.05. The smallest absolute Gasteiger partial charge is 0.133 e. The topological polar surface area (TPSA) is 26.0 Å². The summed E-state index contributed by atoms with van der Waals surface area (Å²) in [6, 6.07) is 5.81. The Balaban J connectivity index is 2.71. The van der Waals surface area contributed by atoms with Gasteiger partial charge in [-0.05, 0) is 48.7 Å². The number of aryl methyl sites for hydroxylation is 1. The summed E-state index contributed by atoms with van der Waals surface area (Å²) in [5.41, 5.74) is 7.24. The van der Waals surface area contributed by atoms with Gasteiger partial charge >= 0.3 is 0 Å². The van der Waals surface area contributed by atoms with Crippen LogP contribution in [0.3, 0.4) is 0 Å². The Morgan fingerprint density at radius 3 is 2.26 bits per heavy atom. The molecule has 1 atom stereocenters. The average Bonchev–Trinajstić information content (AvgIpc) is 2.33. The van der Waals surface area contributed by atoms with Gasteiger partial charge in [0.05, 0.1) is 0 Å². The molecule has 0 aliphatic rings. The van der Waals surface area contributed by atoms with E-state index in [9.17, 15) is 13.2 Å². The van der Waals surface area contributed by atoms with Crippen molar-refractivity contribution in [1.29, 1.82) is 0 Å². The van der Waals surface area contributed by atoms with Crippen molar-refractivity contribution in [2.45, 2.75) is 19.9 Å². The van der Waals surface area contributed by atoms with Crippen molar-refractivity contribution in [1.82, 2.24) is 0 Å². The Morgan fingerprint density at radius 2 is 1.63 bits per heavy atom. The predicted octanol–water partition coefficient (Wildman–Crippen LogP) is 4.10. The third-order valence-corrected chi connectivity index (χ3v) is 3.04.